The van der Waals surface area contributed by atoms with Crippen molar-refractivity contribution in [3.63, 3.8) is 0 Å². The Bertz CT molecular complexity index is 2120. The number of aliphatic carboxylic acids is 1. The molecule has 63 heavy (non-hydrogen) atoms. The van der Waals surface area contributed by atoms with Crippen molar-refractivity contribution < 1.29 is 38.7 Å². The summed E-state index contributed by atoms with van der Waals surface area (Å²) in [7, 11) is 0. The molecule has 20 nitrogen and oxygen atoms in total. The van der Waals surface area contributed by atoms with Gasteiger partial charge in [-0.25, -0.2) is 0 Å². The third kappa shape index (κ3) is 18.1. The SMILES string of the molecule is CC[C@H](C)CNC(=O)[C@H](CCCN=C(N)N)NC(=O)[C@H](CC(=O)O)NC(=O)[C@H](C)NC(=O)[C@H](CCCN=C(N)N)NC(=O)Cc1ccc(NC(=O)c2ccc3ccccc3c2)cc1. The molecule has 0 spiro atoms. The number of aliphatic imine (C=N–C) groups is 2. The summed E-state index contributed by atoms with van der Waals surface area (Å²) in [6.07, 6.45) is 0.541. The summed E-state index contributed by atoms with van der Waals surface area (Å²) in [5.74, 6) is -5.52. The molecule has 0 unspecified atom stereocenters. The molecular weight excluding hydrogens is 813 g/mol. The van der Waals surface area contributed by atoms with Crippen molar-refractivity contribution in [2.24, 2.45) is 38.8 Å². The van der Waals surface area contributed by atoms with Crippen LogP contribution in [0.3, 0.4) is 0 Å². The average molecular weight is 873 g/mol. The molecule has 0 aliphatic heterocycles. The summed E-state index contributed by atoms with van der Waals surface area (Å²) in [5, 5.41) is 27.2. The number of guanidine groups is 2. The van der Waals surface area contributed by atoms with E-state index in [1.165, 1.54) is 6.92 Å². The minimum absolute atomic E-state index is 0.0656. The molecule has 6 amide bonds. The number of carbonyl (C=O) groups is 7. The van der Waals surface area contributed by atoms with E-state index in [0.717, 1.165) is 17.2 Å². The van der Waals surface area contributed by atoms with Crippen LogP contribution in [0.25, 0.3) is 10.8 Å². The lowest BCUT2D eigenvalue weighted by Gasteiger charge is -2.25. The Labute approximate surface area is 365 Å². The summed E-state index contributed by atoms with van der Waals surface area (Å²) in [6.45, 7) is 5.85. The molecule has 20 heteroatoms. The number of nitrogens with zero attached hydrogens (tertiary/aromatic N) is 2. The zero-order valence-corrected chi connectivity index (χ0v) is 35.8. The first-order valence-corrected chi connectivity index (χ1v) is 20.7. The monoisotopic (exact) mass is 872 g/mol. The number of benzene rings is 3. The van der Waals surface area contributed by atoms with Gasteiger partial charge in [-0.15, -0.1) is 0 Å². The van der Waals surface area contributed by atoms with E-state index in [2.05, 4.69) is 41.9 Å². The van der Waals surface area contributed by atoms with Crippen molar-refractivity contribution in [1.29, 1.82) is 0 Å². The lowest BCUT2D eigenvalue weighted by Crippen LogP contribution is -2.58. The number of anilines is 1. The molecule has 0 saturated heterocycles. The highest BCUT2D eigenvalue weighted by atomic mass is 16.4. The van der Waals surface area contributed by atoms with E-state index in [1.807, 2.05) is 44.2 Å². The molecule has 0 bridgehead atoms. The molecule has 5 atom stereocenters. The fraction of sp³-hybridized carbons (Fsp3) is 0.419. The van der Waals surface area contributed by atoms with E-state index in [0.29, 0.717) is 29.8 Å². The second-order valence-electron chi connectivity index (χ2n) is 15.1. The molecule has 3 aromatic carbocycles. The van der Waals surface area contributed by atoms with Crippen LogP contribution in [0.4, 0.5) is 5.69 Å². The number of rotatable bonds is 25. The van der Waals surface area contributed by atoms with Crippen molar-refractivity contribution in [3.05, 3.63) is 77.9 Å². The highest BCUT2D eigenvalue weighted by Crippen LogP contribution is 2.18. The van der Waals surface area contributed by atoms with E-state index in [4.69, 9.17) is 22.9 Å². The van der Waals surface area contributed by atoms with Gasteiger partial charge in [0.15, 0.2) is 11.9 Å². The number of carboxylic acids is 1. The van der Waals surface area contributed by atoms with Gasteiger partial charge in [-0.3, -0.25) is 43.5 Å². The fourth-order valence-electron chi connectivity index (χ4n) is 6.09. The number of carboxylic acid groups (broad SMARTS) is 1. The zero-order chi connectivity index (χ0) is 46.5. The van der Waals surface area contributed by atoms with Gasteiger partial charge in [-0.1, -0.05) is 62.7 Å². The predicted octanol–water partition coefficient (Wildman–Crippen LogP) is 0.338. The second kappa shape index (κ2) is 25.5. The number of hydrogen-bond donors (Lipinski definition) is 11. The smallest absolute Gasteiger partial charge is 0.305 e. The van der Waals surface area contributed by atoms with Crippen LogP contribution < -0.4 is 54.8 Å². The van der Waals surface area contributed by atoms with Crippen molar-refractivity contribution in [3.8, 4) is 0 Å². The van der Waals surface area contributed by atoms with Crippen molar-refractivity contribution in [1.82, 2.24) is 26.6 Å². The third-order valence-corrected chi connectivity index (χ3v) is 9.85. The molecule has 0 heterocycles. The normalized spacial score (nSPS) is 13.1. The Hall–Kier alpha value is -7.25. The molecule has 0 saturated carbocycles. The summed E-state index contributed by atoms with van der Waals surface area (Å²) in [5.41, 5.74) is 23.2. The van der Waals surface area contributed by atoms with Gasteiger partial charge in [0.25, 0.3) is 5.91 Å². The first-order chi connectivity index (χ1) is 29.9. The third-order valence-electron chi connectivity index (χ3n) is 9.85. The van der Waals surface area contributed by atoms with Crippen LogP contribution in [0.1, 0.15) is 75.2 Å². The van der Waals surface area contributed by atoms with Crippen LogP contribution in [0, 0.1) is 5.92 Å². The topological polar surface area (TPSA) is 341 Å². The highest BCUT2D eigenvalue weighted by molar-refractivity contribution is 6.06. The largest absolute Gasteiger partial charge is 0.481 e. The van der Waals surface area contributed by atoms with Crippen LogP contribution in [0.15, 0.2) is 76.7 Å². The van der Waals surface area contributed by atoms with Crippen LogP contribution >= 0.6 is 0 Å². The minimum atomic E-state index is -1.63. The summed E-state index contributed by atoms with van der Waals surface area (Å²) < 4.78 is 0. The van der Waals surface area contributed by atoms with Crippen molar-refractivity contribution >= 4 is 69.8 Å². The van der Waals surface area contributed by atoms with Crippen LogP contribution in [-0.2, 0) is 35.2 Å². The van der Waals surface area contributed by atoms with E-state index in [9.17, 15) is 38.7 Å². The predicted molar refractivity (Wildman–Crippen MR) is 240 cm³/mol. The molecule has 0 radical (unpaired) electrons. The molecule has 340 valence electrons. The summed E-state index contributed by atoms with van der Waals surface area (Å²) in [6, 6.07) is 14.5. The van der Waals surface area contributed by atoms with Gasteiger partial charge in [0.05, 0.1) is 12.8 Å². The second-order valence-corrected chi connectivity index (χ2v) is 15.1. The van der Waals surface area contributed by atoms with Gasteiger partial charge in [-0.2, -0.15) is 0 Å². The van der Waals surface area contributed by atoms with Crippen molar-refractivity contribution in [2.75, 3.05) is 25.0 Å². The van der Waals surface area contributed by atoms with Gasteiger partial charge in [0.1, 0.15) is 24.2 Å². The molecule has 0 fully saturated rings. The van der Waals surface area contributed by atoms with E-state index in [-0.39, 0.29) is 62.5 Å². The maximum Gasteiger partial charge on any atom is 0.305 e. The Kier molecular flexibility index (Phi) is 20.3. The van der Waals surface area contributed by atoms with Gasteiger partial charge in [0, 0.05) is 30.9 Å². The van der Waals surface area contributed by atoms with Gasteiger partial charge >= 0.3 is 5.97 Å². The Morgan fingerprint density at radius 1 is 0.667 bits per heavy atom. The van der Waals surface area contributed by atoms with Gasteiger partial charge in [0.2, 0.25) is 29.5 Å². The Morgan fingerprint density at radius 3 is 1.83 bits per heavy atom. The maximum absolute atomic E-state index is 13.6. The number of fused-ring (bicyclic) bond motifs is 1. The average Bonchev–Trinajstić information content (AvgIpc) is 3.24. The van der Waals surface area contributed by atoms with Crippen molar-refractivity contribution in [2.45, 2.75) is 89.9 Å². The minimum Gasteiger partial charge on any atom is -0.481 e. The first-order valence-electron chi connectivity index (χ1n) is 20.7. The number of nitrogens with one attached hydrogen (secondary N) is 6. The fourth-order valence-corrected chi connectivity index (χ4v) is 6.09. The molecular formula is C43H60N12O8. The van der Waals surface area contributed by atoms with Gasteiger partial charge < -0.3 is 59.9 Å². The number of hydrogen-bond acceptors (Lipinski definition) is 9. The van der Waals surface area contributed by atoms with Gasteiger partial charge in [-0.05, 0) is 79.1 Å². The molecule has 0 aliphatic rings. The first kappa shape index (κ1) is 50.1. The highest BCUT2D eigenvalue weighted by Gasteiger charge is 2.31. The number of carbonyl (C=O) groups excluding carboxylic acids is 6. The Morgan fingerprint density at radius 2 is 1.24 bits per heavy atom. The quantitative estimate of drug-likeness (QED) is 0.0312. The standard InChI is InChI=1S/C43H60N12O8/c1-4-25(2)24-50-39(61)32(11-7-19-48-42(44)45)54-41(63)34(23-36(57)58)55-37(59)26(3)51-40(62)33(12-8-20-49-43(46)47)53-35(56)21-27-13-17-31(18-14-27)52-38(60)30-16-15-28-9-5-6-10-29(28)22-30/h5-6,9-10,13-18,22,25-26,32-34H,4,7-8,11-12,19-21,23-24H2,1-3H3,(H,50,61)(H,51,62)(H,52,60)(H,53,56)(H,54,63)(H,55,59)(H,57,58)(H4,44,45,48)(H4,46,47,49)/t25-,26-,32-,33-,34-/m0/s1. The maximum atomic E-state index is 13.6. The molecule has 15 N–H and O–H groups in total. The zero-order valence-electron chi connectivity index (χ0n) is 35.8. The lowest BCUT2D eigenvalue weighted by atomic mass is 10.1. The summed E-state index contributed by atoms with van der Waals surface area (Å²) >= 11 is 0. The number of amides is 6. The number of nitrogens with two attached hydrogens (primary N) is 4. The molecule has 3 aromatic rings. The molecule has 0 aromatic heterocycles. The van der Waals surface area contributed by atoms with Crippen LogP contribution in [-0.4, -0.2) is 102 Å². The van der Waals surface area contributed by atoms with E-state index >= 15 is 0 Å². The summed E-state index contributed by atoms with van der Waals surface area (Å²) in [4.78, 5) is 99.2. The van der Waals surface area contributed by atoms with E-state index < -0.39 is 66.1 Å². The Balaban J connectivity index is 1.65. The molecule has 0 aliphatic carbocycles. The lowest BCUT2D eigenvalue weighted by molar-refractivity contribution is -0.141. The van der Waals surface area contributed by atoms with E-state index in [1.54, 1.807) is 36.4 Å². The molecule has 3 rings (SSSR count). The van der Waals surface area contributed by atoms with Crippen LogP contribution in [0.2, 0.25) is 0 Å². The van der Waals surface area contributed by atoms with Crippen LogP contribution in [0.5, 0.6) is 0 Å².